The van der Waals surface area contributed by atoms with Crippen molar-refractivity contribution >= 4 is 17.8 Å². The van der Waals surface area contributed by atoms with Gasteiger partial charge in [-0.3, -0.25) is 14.6 Å². The molecule has 0 aromatic carbocycles. The average molecular weight is 345 g/mol. The van der Waals surface area contributed by atoms with Gasteiger partial charge >= 0.3 is 5.97 Å². The minimum absolute atomic E-state index is 0.0551. The molecule has 0 radical (unpaired) electrons. The van der Waals surface area contributed by atoms with Gasteiger partial charge < -0.3 is 15.3 Å². The summed E-state index contributed by atoms with van der Waals surface area (Å²) >= 11 is 0. The number of carbonyl (C=O) groups is 3. The van der Waals surface area contributed by atoms with Gasteiger partial charge in [0.15, 0.2) is 0 Å². The first-order valence-electron chi connectivity index (χ1n) is 7.64. The molecule has 0 bridgehead atoms. The molecule has 2 heterocycles. The third kappa shape index (κ3) is 4.63. The maximum Gasteiger partial charge on any atom is 0.326 e. The second-order valence-electron chi connectivity index (χ2n) is 5.35. The van der Waals surface area contributed by atoms with Crippen LogP contribution in [0.4, 0.5) is 0 Å². The Hall–Kier alpha value is -3.23. The lowest BCUT2D eigenvalue weighted by Crippen LogP contribution is -2.47. The molecule has 0 spiro atoms. The molecule has 2 aromatic rings. The van der Waals surface area contributed by atoms with E-state index in [0.717, 1.165) is 4.90 Å². The minimum Gasteiger partial charge on any atom is -0.480 e. The molecule has 25 heavy (non-hydrogen) atoms. The van der Waals surface area contributed by atoms with Crippen LogP contribution < -0.4 is 5.32 Å². The Balaban J connectivity index is 2.24. The summed E-state index contributed by atoms with van der Waals surface area (Å²) in [6, 6.07) is 3.91. The third-order valence-electron chi connectivity index (χ3n) is 3.54. The number of aliphatic carboxylic acids is 1. The van der Waals surface area contributed by atoms with Gasteiger partial charge in [-0.25, -0.2) is 9.48 Å². The third-order valence-corrected chi connectivity index (χ3v) is 3.54. The molecule has 0 aliphatic rings. The van der Waals surface area contributed by atoms with E-state index in [9.17, 15) is 19.5 Å². The number of nitrogens with zero attached hydrogens (tertiary/aromatic N) is 4. The van der Waals surface area contributed by atoms with Crippen molar-refractivity contribution in [1.29, 1.82) is 0 Å². The van der Waals surface area contributed by atoms with Gasteiger partial charge in [0, 0.05) is 38.6 Å². The molecule has 0 fully saturated rings. The Morgan fingerprint density at radius 3 is 2.72 bits per heavy atom. The Bertz CT molecular complexity index is 760. The van der Waals surface area contributed by atoms with Gasteiger partial charge in [0.1, 0.15) is 11.7 Å². The number of hydrogen-bond acceptors (Lipinski definition) is 5. The number of nitrogens with one attached hydrogen (secondary N) is 1. The van der Waals surface area contributed by atoms with Crippen molar-refractivity contribution in [1.82, 2.24) is 25.0 Å². The summed E-state index contributed by atoms with van der Waals surface area (Å²) in [5.74, 6) is -1.93. The number of carboxylic acid groups (broad SMARTS) is 1. The highest BCUT2D eigenvalue weighted by Crippen LogP contribution is 2.11. The van der Waals surface area contributed by atoms with Crippen molar-refractivity contribution in [3.05, 3.63) is 42.5 Å². The van der Waals surface area contributed by atoms with Gasteiger partial charge in [-0.15, -0.1) is 0 Å². The van der Waals surface area contributed by atoms with E-state index in [2.05, 4.69) is 15.4 Å². The Morgan fingerprint density at radius 2 is 2.12 bits per heavy atom. The molecule has 2 aromatic heterocycles. The second kappa shape index (κ2) is 8.04. The van der Waals surface area contributed by atoms with E-state index in [1.54, 1.807) is 29.2 Å². The van der Waals surface area contributed by atoms with Crippen molar-refractivity contribution in [3.63, 3.8) is 0 Å². The summed E-state index contributed by atoms with van der Waals surface area (Å²) in [7, 11) is 0. The van der Waals surface area contributed by atoms with E-state index in [4.69, 9.17) is 0 Å². The number of aromatic nitrogens is 3. The fraction of sp³-hybridized carbons (Fsp3) is 0.312. The molecule has 9 heteroatoms. The van der Waals surface area contributed by atoms with Gasteiger partial charge in [-0.2, -0.15) is 5.10 Å². The van der Waals surface area contributed by atoms with Crippen molar-refractivity contribution < 1.29 is 19.5 Å². The highest BCUT2D eigenvalue weighted by atomic mass is 16.4. The first-order chi connectivity index (χ1) is 11.9. The fourth-order valence-corrected chi connectivity index (χ4v) is 2.20. The SMILES string of the molecule is CC(=O)NCCN(C(=O)c1cc(-n2cccn2)ccn1)C(C)C(=O)O. The van der Waals surface area contributed by atoms with Crippen LogP contribution in [0.2, 0.25) is 0 Å². The average Bonchev–Trinajstić information content (AvgIpc) is 3.12. The highest BCUT2D eigenvalue weighted by Gasteiger charge is 2.27. The first-order valence-corrected chi connectivity index (χ1v) is 7.64. The van der Waals surface area contributed by atoms with Crippen molar-refractivity contribution in [2.75, 3.05) is 13.1 Å². The van der Waals surface area contributed by atoms with Crippen LogP contribution in [0.5, 0.6) is 0 Å². The molecule has 0 saturated heterocycles. The maximum atomic E-state index is 12.7. The van der Waals surface area contributed by atoms with E-state index in [1.807, 2.05) is 0 Å². The normalized spacial score (nSPS) is 11.6. The largest absolute Gasteiger partial charge is 0.480 e. The van der Waals surface area contributed by atoms with Crippen LogP contribution in [0.15, 0.2) is 36.8 Å². The summed E-state index contributed by atoms with van der Waals surface area (Å²) in [6.45, 7) is 2.96. The molecule has 1 atom stereocenters. The molecular formula is C16H19N5O4. The monoisotopic (exact) mass is 345 g/mol. The van der Waals surface area contributed by atoms with Crippen LogP contribution in [0.25, 0.3) is 5.69 Å². The predicted octanol–water partition coefficient (Wildman–Crippen LogP) is 0.319. The maximum absolute atomic E-state index is 12.7. The Kier molecular flexibility index (Phi) is 5.83. The summed E-state index contributed by atoms with van der Waals surface area (Å²) in [5, 5.41) is 15.9. The topological polar surface area (TPSA) is 117 Å². The quantitative estimate of drug-likeness (QED) is 0.746. The van der Waals surface area contributed by atoms with Crippen LogP contribution in [-0.4, -0.2) is 61.7 Å². The molecule has 2 N–H and O–H groups in total. The zero-order chi connectivity index (χ0) is 18.4. The van der Waals surface area contributed by atoms with Gasteiger partial charge in [0.25, 0.3) is 5.91 Å². The van der Waals surface area contributed by atoms with Crippen LogP contribution in [0, 0.1) is 0 Å². The van der Waals surface area contributed by atoms with Gasteiger partial charge in [0.2, 0.25) is 5.91 Å². The molecular weight excluding hydrogens is 326 g/mol. The molecule has 0 aliphatic heterocycles. The number of pyridine rings is 1. The van der Waals surface area contributed by atoms with E-state index in [-0.39, 0.29) is 24.7 Å². The van der Waals surface area contributed by atoms with Crippen LogP contribution in [0.1, 0.15) is 24.3 Å². The van der Waals surface area contributed by atoms with E-state index >= 15 is 0 Å². The van der Waals surface area contributed by atoms with Crippen LogP contribution in [0.3, 0.4) is 0 Å². The molecule has 2 rings (SSSR count). The molecule has 9 nitrogen and oxygen atoms in total. The zero-order valence-corrected chi connectivity index (χ0v) is 13.9. The zero-order valence-electron chi connectivity index (χ0n) is 13.9. The number of hydrogen-bond donors (Lipinski definition) is 2. The van der Waals surface area contributed by atoms with Crippen molar-refractivity contribution in [2.24, 2.45) is 0 Å². The lowest BCUT2D eigenvalue weighted by molar-refractivity contribution is -0.141. The van der Waals surface area contributed by atoms with Crippen LogP contribution >= 0.6 is 0 Å². The summed E-state index contributed by atoms with van der Waals surface area (Å²) in [5.41, 5.74) is 0.733. The molecule has 0 saturated carbocycles. The fourth-order valence-electron chi connectivity index (χ4n) is 2.20. The summed E-state index contributed by atoms with van der Waals surface area (Å²) in [6.07, 6.45) is 4.79. The molecule has 2 amide bonds. The molecule has 0 aliphatic carbocycles. The van der Waals surface area contributed by atoms with E-state index in [1.165, 1.54) is 26.1 Å². The van der Waals surface area contributed by atoms with Gasteiger partial charge in [-0.05, 0) is 25.1 Å². The first kappa shape index (κ1) is 18.1. The Labute approximate surface area is 144 Å². The van der Waals surface area contributed by atoms with E-state index in [0.29, 0.717) is 5.69 Å². The Morgan fingerprint density at radius 1 is 1.36 bits per heavy atom. The number of carbonyl (C=O) groups excluding carboxylic acids is 2. The lowest BCUT2D eigenvalue weighted by Gasteiger charge is -2.26. The van der Waals surface area contributed by atoms with Gasteiger partial charge in [0.05, 0.1) is 5.69 Å². The van der Waals surface area contributed by atoms with Crippen LogP contribution in [-0.2, 0) is 9.59 Å². The minimum atomic E-state index is -1.14. The smallest absolute Gasteiger partial charge is 0.326 e. The van der Waals surface area contributed by atoms with Crippen molar-refractivity contribution in [3.8, 4) is 5.69 Å². The predicted molar refractivity (Wildman–Crippen MR) is 88.2 cm³/mol. The standard InChI is InChI=1S/C16H19N5O4/c1-11(16(24)25)20(9-7-17-12(2)22)15(23)14-10-13(4-6-18-14)21-8-3-5-19-21/h3-6,8,10-11H,7,9H2,1-2H3,(H,17,22)(H,24,25). The summed E-state index contributed by atoms with van der Waals surface area (Å²) < 4.78 is 1.57. The number of carboxylic acids is 1. The van der Waals surface area contributed by atoms with Gasteiger partial charge in [-0.1, -0.05) is 0 Å². The molecule has 1 unspecified atom stereocenters. The number of rotatable bonds is 7. The van der Waals surface area contributed by atoms with E-state index < -0.39 is 17.9 Å². The molecule has 132 valence electrons. The second-order valence-corrected chi connectivity index (χ2v) is 5.35. The van der Waals surface area contributed by atoms with Crippen molar-refractivity contribution in [2.45, 2.75) is 19.9 Å². The summed E-state index contributed by atoms with van der Waals surface area (Å²) in [4.78, 5) is 40.3. The number of amides is 2. The highest BCUT2D eigenvalue weighted by molar-refractivity contribution is 5.95. The lowest BCUT2D eigenvalue weighted by atomic mass is 10.2.